The van der Waals surface area contributed by atoms with Crippen LogP contribution in [-0.4, -0.2) is 52.4 Å². The molecule has 0 radical (unpaired) electrons. The quantitative estimate of drug-likeness (QED) is 0.544. The van der Waals surface area contributed by atoms with E-state index in [0.29, 0.717) is 0 Å². The molecule has 92 valence electrons. The summed E-state index contributed by atoms with van der Waals surface area (Å²) in [7, 11) is 0. The molecule has 1 saturated heterocycles. The summed E-state index contributed by atoms with van der Waals surface area (Å²) in [6.45, 7) is -0.275. The molecule has 0 bridgehead atoms. The van der Waals surface area contributed by atoms with Crippen molar-refractivity contribution in [2.45, 2.75) is 25.0 Å². The maximum absolute atomic E-state index is 11.3. The number of carbonyl (C=O) groups excluding carboxylic acids is 1. The van der Waals surface area contributed by atoms with E-state index in [4.69, 9.17) is 10.2 Å². The summed E-state index contributed by atoms with van der Waals surface area (Å²) in [4.78, 5) is 21.6. The molecule has 1 aliphatic heterocycles. The van der Waals surface area contributed by atoms with E-state index in [9.17, 15) is 9.59 Å². The Hall–Kier alpha value is -0.950. The van der Waals surface area contributed by atoms with Crippen LogP contribution in [0.3, 0.4) is 0 Å². The summed E-state index contributed by atoms with van der Waals surface area (Å²) in [5, 5.41) is 22.4. The standard InChI is InChI=1S/C9H16N2O4S/c12-7(8(13)14)5-10-9(15)11-6-1-3-16-4-2-6/h6-7,12H,1-5H2,(H,13,14)(H2,10,11,15). The molecular weight excluding hydrogens is 232 g/mol. The first-order chi connectivity index (χ1) is 7.59. The first-order valence-electron chi connectivity index (χ1n) is 5.12. The van der Waals surface area contributed by atoms with Crippen molar-refractivity contribution in [3.8, 4) is 0 Å². The molecule has 0 aromatic heterocycles. The number of thioether (sulfide) groups is 1. The first kappa shape index (κ1) is 13.1. The summed E-state index contributed by atoms with van der Waals surface area (Å²) in [5.74, 6) is 0.722. The highest BCUT2D eigenvalue weighted by molar-refractivity contribution is 7.99. The minimum absolute atomic E-state index is 0.156. The van der Waals surface area contributed by atoms with Gasteiger partial charge in [0.2, 0.25) is 0 Å². The van der Waals surface area contributed by atoms with Gasteiger partial charge in [0, 0.05) is 6.04 Å². The minimum Gasteiger partial charge on any atom is -0.479 e. The van der Waals surface area contributed by atoms with Gasteiger partial charge in [-0.3, -0.25) is 0 Å². The SMILES string of the molecule is O=C(NCC(O)C(=O)O)NC1CCSCC1. The Balaban J connectivity index is 2.17. The number of rotatable bonds is 4. The number of aliphatic carboxylic acids is 1. The zero-order valence-corrected chi connectivity index (χ0v) is 9.63. The van der Waals surface area contributed by atoms with Gasteiger partial charge in [0.05, 0.1) is 6.54 Å². The summed E-state index contributed by atoms with van der Waals surface area (Å²) in [6.07, 6.45) is 0.312. The van der Waals surface area contributed by atoms with Gasteiger partial charge in [-0.15, -0.1) is 0 Å². The molecule has 1 fully saturated rings. The lowest BCUT2D eigenvalue weighted by Gasteiger charge is -2.22. The third-order valence-corrected chi connectivity index (χ3v) is 3.35. The second kappa shape index (κ2) is 6.59. The van der Waals surface area contributed by atoms with Crippen molar-refractivity contribution >= 4 is 23.8 Å². The predicted octanol–water partition coefficient (Wildman–Crippen LogP) is -0.373. The lowest BCUT2D eigenvalue weighted by atomic mass is 10.2. The van der Waals surface area contributed by atoms with Gasteiger partial charge in [0.1, 0.15) is 0 Å². The molecule has 16 heavy (non-hydrogen) atoms. The smallest absolute Gasteiger partial charge is 0.334 e. The van der Waals surface area contributed by atoms with Gasteiger partial charge in [-0.05, 0) is 24.3 Å². The highest BCUT2D eigenvalue weighted by Gasteiger charge is 2.17. The number of hydrogen-bond acceptors (Lipinski definition) is 4. The van der Waals surface area contributed by atoms with Crippen LogP contribution in [0.25, 0.3) is 0 Å². The van der Waals surface area contributed by atoms with Crippen LogP contribution in [-0.2, 0) is 4.79 Å². The molecule has 1 rings (SSSR count). The van der Waals surface area contributed by atoms with Crippen LogP contribution in [0.5, 0.6) is 0 Å². The van der Waals surface area contributed by atoms with E-state index in [1.54, 1.807) is 0 Å². The van der Waals surface area contributed by atoms with E-state index in [1.807, 2.05) is 11.8 Å². The van der Waals surface area contributed by atoms with Crippen molar-refractivity contribution in [3.05, 3.63) is 0 Å². The molecular formula is C9H16N2O4S. The average Bonchev–Trinajstić information content (AvgIpc) is 2.27. The largest absolute Gasteiger partial charge is 0.479 e. The topological polar surface area (TPSA) is 98.7 Å². The normalized spacial score (nSPS) is 18.8. The number of nitrogens with one attached hydrogen (secondary N) is 2. The molecule has 0 saturated carbocycles. The fourth-order valence-corrected chi connectivity index (χ4v) is 2.46. The highest BCUT2D eigenvalue weighted by Crippen LogP contribution is 2.16. The van der Waals surface area contributed by atoms with Gasteiger partial charge in [-0.2, -0.15) is 11.8 Å². The van der Waals surface area contributed by atoms with E-state index in [2.05, 4.69) is 10.6 Å². The lowest BCUT2D eigenvalue weighted by molar-refractivity contribution is -0.146. The van der Waals surface area contributed by atoms with E-state index in [-0.39, 0.29) is 12.6 Å². The fraction of sp³-hybridized carbons (Fsp3) is 0.778. The van der Waals surface area contributed by atoms with Crippen LogP contribution < -0.4 is 10.6 Å². The first-order valence-corrected chi connectivity index (χ1v) is 6.28. The third kappa shape index (κ3) is 4.71. The summed E-state index contributed by atoms with van der Waals surface area (Å²) >= 11 is 1.86. The minimum atomic E-state index is -1.55. The predicted molar refractivity (Wildman–Crippen MR) is 60.5 cm³/mol. The van der Waals surface area contributed by atoms with Crippen LogP contribution in [0.4, 0.5) is 4.79 Å². The Labute approximate surface area is 97.8 Å². The lowest BCUT2D eigenvalue weighted by Crippen LogP contribution is -2.46. The van der Waals surface area contributed by atoms with Crippen LogP contribution >= 0.6 is 11.8 Å². The maximum atomic E-state index is 11.3. The molecule has 6 nitrogen and oxygen atoms in total. The number of carboxylic acids is 1. The van der Waals surface area contributed by atoms with Gasteiger partial charge in [0.15, 0.2) is 6.10 Å². The van der Waals surface area contributed by atoms with Crippen LogP contribution in [0.15, 0.2) is 0 Å². The third-order valence-electron chi connectivity index (χ3n) is 2.30. The maximum Gasteiger partial charge on any atom is 0.334 e. The van der Waals surface area contributed by atoms with Crippen LogP contribution in [0.2, 0.25) is 0 Å². The van der Waals surface area contributed by atoms with Crippen molar-refractivity contribution in [2.75, 3.05) is 18.1 Å². The van der Waals surface area contributed by atoms with Crippen molar-refractivity contribution in [1.82, 2.24) is 10.6 Å². The highest BCUT2D eigenvalue weighted by atomic mass is 32.2. The average molecular weight is 248 g/mol. The molecule has 1 atom stereocenters. The monoisotopic (exact) mass is 248 g/mol. The van der Waals surface area contributed by atoms with Crippen molar-refractivity contribution in [3.63, 3.8) is 0 Å². The Bertz CT molecular complexity index is 256. The van der Waals surface area contributed by atoms with Crippen molar-refractivity contribution in [1.29, 1.82) is 0 Å². The van der Waals surface area contributed by atoms with Gasteiger partial charge < -0.3 is 20.8 Å². The van der Waals surface area contributed by atoms with Gasteiger partial charge in [-0.1, -0.05) is 0 Å². The fourth-order valence-electron chi connectivity index (χ4n) is 1.36. The molecule has 0 aromatic carbocycles. The Kier molecular flexibility index (Phi) is 5.41. The molecule has 0 spiro atoms. The van der Waals surface area contributed by atoms with Gasteiger partial charge in [0.25, 0.3) is 0 Å². The molecule has 1 heterocycles. The molecule has 0 aliphatic carbocycles. The Morgan fingerprint density at radius 3 is 2.56 bits per heavy atom. The number of carbonyl (C=O) groups is 2. The molecule has 1 aliphatic rings. The van der Waals surface area contributed by atoms with E-state index >= 15 is 0 Å². The second-order valence-corrected chi connectivity index (χ2v) is 4.82. The summed E-state index contributed by atoms with van der Waals surface area (Å²) in [6, 6.07) is -0.263. The number of aliphatic hydroxyl groups is 1. The van der Waals surface area contributed by atoms with E-state index in [1.165, 1.54) is 0 Å². The number of carboxylic acid groups (broad SMARTS) is 1. The molecule has 1 unspecified atom stereocenters. The summed E-state index contributed by atoms with van der Waals surface area (Å²) in [5.41, 5.74) is 0. The van der Waals surface area contributed by atoms with Gasteiger partial charge >= 0.3 is 12.0 Å². The Morgan fingerprint density at radius 1 is 1.38 bits per heavy atom. The zero-order valence-electron chi connectivity index (χ0n) is 8.81. The Morgan fingerprint density at radius 2 is 2.00 bits per heavy atom. The zero-order chi connectivity index (χ0) is 12.0. The molecule has 0 aromatic rings. The van der Waals surface area contributed by atoms with E-state index in [0.717, 1.165) is 24.3 Å². The van der Waals surface area contributed by atoms with Gasteiger partial charge in [-0.25, -0.2) is 9.59 Å². The number of aliphatic hydroxyl groups excluding tert-OH is 1. The van der Waals surface area contributed by atoms with Crippen LogP contribution in [0.1, 0.15) is 12.8 Å². The second-order valence-electron chi connectivity index (χ2n) is 3.60. The van der Waals surface area contributed by atoms with E-state index < -0.39 is 18.1 Å². The number of urea groups is 1. The molecule has 7 heteroatoms. The summed E-state index contributed by atoms with van der Waals surface area (Å²) < 4.78 is 0. The van der Waals surface area contributed by atoms with Crippen molar-refractivity contribution in [2.24, 2.45) is 0 Å². The molecule has 2 amide bonds. The number of amides is 2. The van der Waals surface area contributed by atoms with Crippen molar-refractivity contribution < 1.29 is 19.8 Å². The number of hydrogen-bond donors (Lipinski definition) is 4. The molecule has 4 N–H and O–H groups in total. The van der Waals surface area contributed by atoms with Crippen LogP contribution in [0, 0.1) is 0 Å².